The van der Waals surface area contributed by atoms with E-state index < -0.39 is 42.8 Å². The van der Waals surface area contributed by atoms with E-state index in [1.54, 1.807) is 11.8 Å². The summed E-state index contributed by atoms with van der Waals surface area (Å²) in [5.74, 6) is 5.88. The maximum atomic E-state index is 12.4. The number of carbonyl (C=O) groups is 3. The Morgan fingerprint density at radius 1 is 1.25 bits per heavy atom. The first-order valence-electron chi connectivity index (χ1n) is 13.3. The molecule has 5 atom stereocenters. The fourth-order valence-electron chi connectivity index (χ4n) is 5.03. The molecule has 3 amide bonds. The number of amides is 3. The maximum Gasteiger partial charge on any atom is 0.411 e. The number of fused-ring (bicyclic) bond motifs is 1. The van der Waals surface area contributed by atoms with E-state index in [-0.39, 0.29) is 34.6 Å². The summed E-state index contributed by atoms with van der Waals surface area (Å²) in [5.41, 5.74) is 6.60. The van der Waals surface area contributed by atoms with E-state index in [0.29, 0.717) is 38.9 Å². The van der Waals surface area contributed by atoms with Crippen molar-refractivity contribution in [3.63, 3.8) is 0 Å². The monoisotopic (exact) mass is 556 g/mol. The molecule has 40 heavy (non-hydrogen) atoms. The third kappa shape index (κ3) is 5.64. The predicted octanol–water partition coefficient (Wildman–Crippen LogP) is -1.01. The summed E-state index contributed by atoms with van der Waals surface area (Å²) in [7, 11) is 0. The summed E-state index contributed by atoms with van der Waals surface area (Å²) in [6.45, 7) is 3.15. The minimum Gasteiger partial charge on any atom is -0.425 e. The van der Waals surface area contributed by atoms with Crippen LogP contribution in [0.25, 0.3) is 11.2 Å². The maximum absolute atomic E-state index is 12.4. The molecule has 3 aliphatic rings. The normalized spacial score (nSPS) is 26.8. The molecule has 0 saturated carbocycles. The van der Waals surface area contributed by atoms with Gasteiger partial charge >= 0.3 is 6.09 Å². The average molecular weight is 557 g/mol. The van der Waals surface area contributed by atoms with Gasteiger partial charge in [-0.1, -0.05) is 5.92 Å². The number of likely N-dealkylation sites (tertiary alicyclic amines) is 1. The SMILES string of the molecule is CCNC(=O)[C@H]1O[C@@H](n2cnc3c(N)nc(C#CCC4CCN(C(=O)OC5CCC(=O)N5)CC4)nc32)[C@@H](O)C1O. The van der Waals surface area contributed by atoms with Crippen molar-refractivity contribution in [2.75, 3.05) is 25.4 Å². The molecule has 214 valence electrons. The highest BCUT2D eigenvalue weighted by Crippen LogP contribution is 2.32. The van der Waals surface area contributed by atoms with Gasteiger partial charge in [-0.3, -0.25) is 14.2 Å². The van der Waals surface area contributed by atoms with Gasteiger partial charge in [-0.05, 0) is 31.6 Å². The Balaban J connectivity index is 1.21. The lowest BCUT2D eigenvalue weighted by molar-refractivity contribution is -0.137. The zero-order valence-corrected chi connectivity index (χ0v) is 21.9. The molecule has 2 unspecified atom stereocenters. The van der Waals surface area contributed by atoms with Gasteiger partial charge in [-0.2, -0.15) is 0 Å². The van der Waals surface area contributed by atoms with E-state index >= 15 is 0 Å². The average Bonchev–Trinajstić information content (AvgIpc) is 3.62. The Hall–Kier alpha value is -4.00. The van der Waals surface area contributed by atoms with Crippen molar-refractivity contribution >= 4 is 34.9 Å². The number of rotatable bonds is 5. The molecule has 2 aromatic rings. The lowest BCUT2D eigenvalue weighted by Gasteiger charge is -2.31. The highest BCUT2D eigenvalue weighted by atomic mass is 16.6. The molecule has 0 radical (unpaired) electrons. The van der Waals surface area contributed by atoms with Crippen LogP contribution in [0.2, 0.25) is 0 Å². The lowest BCUT2D eigenvalue weighted by atomic mass is 9.94. The largest absolute Gasteiger partial charge is 0.425 e. The summed E-state index contributed by atoms with van der Waals surface area (Å²) in [6, 6.07) is 0. The second kappa shape index (κ2) is 11.6. The number of imidazole rings is 1. The molecule has 3 fully saturated rings. The molecule has 2 aromatic heterocycles. The van der Waals surface area contributed by atoms with Crippen LogP contribution in [0.3, 0.4) is 0 Å². The number of aromatic nitrogens is 4. The molecule has 6 N–H and O–H groups in total. The summed E-state index contributed by atoms with van der Waals surface area (Å²) < 4.78 is 12.4. The standard InChI is InChI=1S/C25H32N8O7/c1-2-27-23(37)20-18(35)19(36)24(40-20)33-12-28-17-21(26)29-14(30-22(17)33)5-3-4-13-8-10-32(11-9-13)25(38)39-16-7-6-15(34)31-16/h12-13,16,18-20,24,35-36H,2,4,6-11H2,1H3,(H,27,37)(H,31,34)(H2,26,29,30)/t16?,18?,19-,20-,24+/m0/s1. The summed E-state index contributed by atoms with van der Waals surface area (Å²) >= 11 is 0. The van der Waals surface area contributed by atoms with Crippen LogP contribution in [0, 0.1) is 17.8 Å². The first-order valence-corrected chi connectivity index (χ1v) is 13.3. The minimum atomic E-state index is -1.44. The van der Waals surface area contributed by atoms with Gasteiger partial charge in [0.1, 0.15) is 17.7 Å². The lowest BCUT2D eigenvalue weighted by Crippen LogP contribution is -2.42. The van der Waals surface area contributed by atoms with Crippen LogP contribution in [0.1, 0.15) is 51.1 Å². The van der Waals surface area contributed by atoms with Gasteiger partial charge in [0.2, 0.25) is 11.7 Å². The summed E-state index contributed by atoms with van der Waals surface area (Å²) in [6.07, 6.45) is -1.93. The van der Waals surface area contributed by atoms with Gasteiger partial charge in [-0.25, -0.2) is 19.7 Å². The number of nitrogens with two attached hydrogens (primary N) is 1. The van der Waals surface area contributed by atoms with Gasteiger partial charge in [-0.15, -0.1) is 0 Å². The van der Waals surface area contributed by atoms with Crippen LogP contribution in [0.4, 0.5) is 10.6 Å². The molecule has 5 heterocycles. The van der Waals surface area contributed by atoms with Crippen LogP contribution in [-0.4, -0.2) is 96.7 Å². The number of nitrogen functional groups attached to an aromatic ring is 1. The number of likely N-dealkylation sites (N-methyl/N-ethyl adjacent to an activating group) is 1. The molecular weight excluding hydrogens is 524 g/mol. The van der Waals surface area contributed by atoms with Crippen molar-refractivity contribution < 1.29 is 34.1 Å². The van der Waals surface area contributed by atoms with Crippen molar-refractivity contribution in [2.24, 2.45) is 5.92 Å². The van der Waals surface area contributed by atoms with Crippen molar-refractivity contribution in [1.82, 2.24) is 35.1 Å². The number of nitrogens with one attached hydrogen (secondary N) is 2. The highest BCUT2D eigenvalue weighted by Gasteiger charge is 2.47. The molecule has 15 nitrogen and oxygen atoms in total. The molecule has 15 heteroatoms. The number of anilines is 1. The van der Waals surface area contributed by atoms with E-state index in [0.717, 1.165) is 12.8 Å². The van der Waals surface area contributed by atoms with Gasteiger partial charge in [0.05, 0.1) is 6.33 Å². The number of carbonyl (C=O) groups excluding carboxylic acids is 3. The highest BCUT2D eigenvalue weighted by molar-refractivity contribution is 5.83. The number of aliphatic hydroxyl groups is 2. The van der Waals surface area contributed by atoms with Crippen LogP contribution >= 0.6 is 0 Å². The zero-order chi connectivity index (χ0) is 28.4. The van der Waals surface area contributed by atoms with E-state index in [9.17, 15) is 24.6 Å². The molecule has 5 rings (SSSR count). The molecule has 0 bridgehead atoms. The molecular formula is C25H32N8O7. The van der Waals surface area contributed by atoms with E-state index in [1.165, 1.54) is 10.9 Å². The van der Waals surface area contributed by atoms with Crippen LogP contribution in [0.15, 0.2) is 6.33 Å². The van der Waals surface area contributed by atoms with Gasteiger partial charge < -0.3 is 41.0 Å². The van der Waals surface area contributed by atoms with Crippen molar-refractivity contribution in [2.45, 2.75) is 69.8 Å². The molecule has 0 spiro atoms. The molecule has 0 aliphatic carbocycles. The number of aliphatic hydroxyl groups excluding tert-OH is 2. The van der Waals surface area contributed by atoms with Crippen LogP contribution in [0.5, 0.6) is 0 Å². The molecule has 0 aromatic carbocycles. The van der Waals surface area contributed by atoms with E-state index in [4.69, 9.17) is 15.2 Å². The number of nitrogens with zero attached hydrogens (tertiary/aromatic N) is 5. The quantitative estimate of drug-likeness (QED) is 0.282. The molecule has 3 saturated heterocycles. The van der Waals surface area contributed by atoms with Crippen LogP contribution in [-0.2, 0) is 19.1 Å². The van der Waals surface area contributed by atoms with Gasteiger partial charge in [0, 0.05) is 38.9 Å². The Labute approximate surface area is 229 Å². The Morgan fingerprint density at radius 2 is 2.02 bits per heavy atom. The van der Waals surface area contributed by atoms with Crippen LogP contribution < -0.4 is 16.4 Å². The van der Waals surface area contributed by atoms with E-state index in [2.05, 4.69) is 37.4 Å². The summed E-state index contributed by atoms with van der Waals surface area (Å²) in [4.78, 5) is 50.4. The Bertz CT molecular complexity index is 1350. The first-order chi connectivity index (χ1) is 19.2. The molecule has 3 aliphatic heterocycles. The second-order valence-corrected chi connectivity index (χ2v) is 9.99. The zero-order valence-electron chi connectivity index (χ0n) is 21.9. The Morgan fingerprint density at radius 3 is 2.73 bits per heavy atom. The number of hydrogen-bond donors (Lipinski definition) is 5. The minimum absolute atomic E-state index is 0.0895. The summed E-state index contributed by atoms with van der Waals surface area (Å²) in [5, 5.41) is 26.1. The number of piperidine rings is 1. The topological polar surface area (TPSA) is 207 Å². The Kier molecular flexibility index (Phi) is 8.01. The second-order valence-electron chi connectivity index (χ2n) is 9.99. The third-order valence-electron chi connectivity index (χ3n) is 7.23. The van der Waals surface area contributed by atoms with Crippen molar-refractivity contribution in [3.05, 3.63) is 12.2 Å². The smallest absolute Gasteiger partial charge is 0.411 e. The van der Waals surface area contributed by atoms with E-state index in [1.807, 2.05) is 0 Å². The fraction of sp³-hybridized carbons (Fsp3) is 0.600. The number of ether oxygens (including phenoxy) is 2. The van der Waals surface area contributed by atoms with Crippen molar-refractivity contribution in [1.29, 1.82) is 0 Å². The predicted molar refractivity (Wildman–Crippen MR) is 138 cm³/mol. The van der Waals surface area contributed by atoms with Gasteiger partial charge in [0.15, 0.2) is 30.0 Å². The van der Waals surface area contributed by atoms with Gasteiger partial charge in [0.25, 0.3) is 5.91 Å². The number of hydrogen-bond acceptors (Lipinski definition) is 11. The fourth-order valence-corrected chi connectivity index (χ4v) is 5.03. The first kappa shape index (κ1) is 27.6. The third-order valence-corrected chi connectivity index (χ3v) is 7.23. The van der Waals surface area contributed by atoms with Crippen molar-refractivity contribution in [3.8, 4) is 11.8 Å².